The Morgan fingerprint density at radius 1 is 1.00 bits per heavy atom. The number of benzene rings is 2. The molecule has 0 saturated heterocycles. The van der Waals surface area contributed by atoms with Crippen LogP contribution in [0.25, 0.3) is 6.08 Å². The molecule has 0 N–H and O–H groups in total. The number of carbonyl (C=O) groups excluding carboxylic acids is 2. The van der Waals surface area contributed by atoms with Crippen LogP contribution in [0.15, 0.2) is 60.4 Å². The van der Waals surface area contributed by atoms with Crippen molar-refractivity contribution < 1.29 is 23.8 Å². The Morgan fingerprint density at radius 2 is 1.68 bits per heavy atom. The van der Waals surface area contributed by atoms with Crippen molar-refractivity contribution >= 4 is 18.0 Å². The van der Waals surface area contributed by atoms with E-state index in [9.17, 15) is 9.59 Å². The summed E-state index contributed by atoms with van der Waals surface area (Å²) >= 11 is 0. The molecular weight excluding hydrogens is 320 g/mol. The lowest BCUT2D eigenvalue weighted by Crippen LogP contribution is -2.13. The highest BCUT2D eigenvalue weighted by molar-refractivity contribution is 5.94. The number of rotatable bonds is 7. The summed E-state index contributed by atoms with van der Waals surface area (Å²) in [5.74, 6) is -0.900. The van der Waals surface area contributed by atoms with Crippen LogP contribution in [0.4, 0.5) is 0 Å². The summed E-state index contributed by atoms with van der Waals surface area (Å²) in [7, 11) is 0. The first-order valence-corrected chi connectivity index (χ1v) is 7.93. The van der Waals surface area contributed by atoms with Gasteiger partial charge in [-0.1, -0.05) is 48.5 Å². The average Bonchev–Trinajstić information content (AvgIpc) is 2.61. The second-order valence-corrected chi connectivity index (χ2v) is 5.13. The van der Waals surface area contributed by atoms with E-state index in [-0.39, 0.29) is 12.4 Å². The molecule has 0 aromatic heterocycles. The highest BCUT2D eigenvalue weighted by atomic mass is 16.6. The van der Waals surface area contributed by atoms with Gasteiger partial charge in [0.25, 0.3) is 0 Å². The number of ether oxygens (including phenoxy) is 3. The van der Waals surface area contributed by atoms with Crippen LogP contribution < -0.4 is 4.74 Å². The van der Waals surface area contributed by atoms with Crippen molar-refractivity contribution in [1.82, 2.24) is 0 Å². The van der Waals surface area contributed by atoms with Crippen molar-refractivity contribution in [3.05, 3.63) is 71.5 Å². The molecule has 0 bridgehead atoms. The maximum atomic E-state index is 12.0. The molecule has 0 aliphatic carbocycles. The van der Waals surface area contributed by atoms with E-state index < -0.39 is 11.9 Å². The number of para-hydroxylation sites is 1. The molecule has 0 fully saturated rings. The van der Waals surface area contributed by atoms with Crippen LogP contribution >= 0.6 is 0 Å². The third kappa shape index (κ3) is 5.80. The fraction of sp³-hybridized carbons (Fsp3) is 0.200. The van der Waals surface area contributed by atoms with Crippen LogP contribution in [0, 0.1) is 0 Å². The van der Waals surface area contributed by atoms with Gasteiger partial charge in [0.15, 0.2) is 0 Å². The third-order valence-electron chi connectivity index (χ3n) is 3.17. The van der Waals surface area contributed by atoms with Crippen molar-refractivity contribution in [2.75, 3.05) is 6.61 Å². The van der Waals surface area contributed by atoms with Crippen LogP contribution in [0.1, 0.15) is 25.0 Å². The second kappa shape index (κ2) is 9.27. The van der Waals surface area contributed by atoms with Gasteiger partial charge >= 0.3 is 11.9 Å². The Bertz CT molecular complexity index is 750. The van der Waals surface area contributed by atoms with Crippen molar-refractivity contribution in [3.8, 4) is 5.75 Å². The first kappa shape index (κ1) is 18.3. The van der Waals surface area contributed by atoms with Gasteiger partial charge in [-0.25, -0.2) is 4.79 Å². The highest BCUT2D eigenvalue weighted by Gasteiger charge is 2.16. The molecule has 25 heavy (non-hydrogen) atoms. The van der Waals surface area contributed by atoms with Gasteiger partial charge in [-0.15, -0.1) is 0 Å². The molecule has 2 aromatic rings. The summed E-state index contributed by atoms with van der Waals surface area (Å²) in [5, 5.41) is 0. The maximum Gasteiger partial charge on any atom is 0.374 e. The van der Waals surface area contributed by atoms with E-state index in [0.29, 0.717) is 17.9 Å². The van der Waals surface area contributed by atoms with Crippen molar-refractivity contribution in [2.24, 2.45) is 0 Å². The highest BCUT2D eigenvalue weighted by Crippen LogP contribution is 2.23. The van der Waals surface area contributed by atoms with E-state index in [1.807, 2.05) is 36.4 Å². The SMILES string of the molecule is CCOC(=O)C(=Cc1ccccc1OCc1ccccc1)OC(C)=O. The molecule has 0 atom stereocenters. The lowest BCUT2D eigenvalue weighted by Gasteiger charge is -2.11. The zero-order valence-corrected chi connectivity index (χ0v) is 14.2. The van der Waals surface area contributed by atoms with Crippen molar-refractivity contribution in [1.29, 1.82) is 0 Å². The van der Waals surface area contributed by atoms with Gasteiger partial charge < -0.3 is 14.2 Å². The van der Waals surface area contributed by atoms with E-state index in [1.54, 1.807) is 25.1 Å². The largest absolute Gasteiger partial charge is 0.488 e. The van der Waals surface area contributed by atoms with Crippen LogP contribution in [0.3, 0.4) is 0 Å². The zero-order chi connectivity index (χ0) is 18.1. The average molecular weight is 340 g/mol. The van der Waals surface area contributed by atoms with Crippen molar-refractivity contribution in [2.45, 2.75) is 20.5 Å². The summed E-state index contributed by atoms with van der Waals surface area (Å²) in [6.45, 7) is 3.47. The predicted molar refractivity (Wildman–Crippen MR) is 93.6 cm³/mol. The summed E-state index contributed by atoms with van der Waals surface area (Å²) < 4.78 is 15.7. The Labute approximate surface area is 146 Å². The van der Waals surface area contributed by atoms with Gasteiger partial charge in [-0.2, -0.15) is 0 Å². The van der Waals surface area contributed by atoms with E-state index in [0.717, 1.165) is 5.56 Å². The number of hydrogen-bond acceptors (Lipinski definition) is 5. The van der Waals surface area contributed by atoms with Gasteiger partial charge in [-0.05, 0) is 24.6 Å². The molecule has 5 heteroatoms. The van der Waals surface area contributed by atoms with Gasteiger partial charge in [-0.3, -0.25) is 4.79 Å². The smallest absolute Gasteiger partial charge is 0.374 e. The van der Waals surface area contributed by atoms with E-state index in [2.05, 4.69) is 0 Å². The van der Waals surface area contributed by atoms with Crippen LogP contribution in [-0.2, 0) is 25.7 Å². The number of esters is 2. The molecule has 0 aliphatic heterocycles. The molecule has 0 saturated carbocycles. The summed E-state index contributed by atoms with van der Waals surface area (Å²) in [4.78, 5) is 23.2. The van der Waals surface area contributed by atoms with Crippen LogP contribution in [0.5, 0.6) is 5.75 Å². The zero-order valence-electron chi connectivity index (χ0n) is 14.2. The molecule has 130 valence electrons. The Morgan fingerprint density at radius 3 is 2.36 bits per heavy atom. The normalized spacial score (nSPS) is 10.9. The Hall–Kier alpha value is -3.08. The van der Waals surface area contributed by atoms with Crippen molar-refractivity contribution in [3.63, 3.8) is 0 Å². The van der Waals surface area contributed by atoms with Gasteiger partial charge in [0.1, 0.15) is 12.4 Å². The lowest BCUT2D eigenvalue weighted by molar-refractivity contribution is -0.149. The molecule has 0 radical (unpaired) electrons. The topological polar surface area (TPSA) is 61.8 Å². The minimum atomic E-state index is -0.699. The van der Waals surface area contributed by atoms with Crippen LogP contribution in [-0.4, -0.2) is 18.5 Å². The second-order valence-electron chi connectivity index (χ2n) is 5.13. The maximum absolute atomic E-state index is 12.0. The first-order chi connectivity index (χ1) is 12.1. The first-order valence-electron chi connectivity index (χ1n) is 7.93. The molecule has 0 spiro atoms. The molecule has 0 amide bonds. The minimum absolute atomic E-state index is 0.176. The fourth-order valence-electron chi connectivity index (χ4n) is 2.09. The Balaban J connectivity index is 2.24. The minimum Gasteiger partial charge on any atom is -0.488 e. The van der Waals surface area contributed by atoms with E-state index in [1.165, 1.54) is 13.0 Å². The monoisotopic (exact) mass is 340 g/mol. The number of hydrogen-bond donors (Lipinski definition) is 0. The third-order valence-corrected chi connectivity index (χ3v) is 3.17. The quantitative estimate of drug-likeness (QED) is 0.436. The van der Waals surface area contributed by atoms with Gasteiger partial charge in [0.05, 0.1) is 6.61 Å². The van der Waals surface area contributed by atoms with E-state index >= 15 is 0 Å². The number of carbonyl (C=O) groups is 2. The molecule has 2 rings (SSSR count). The molecule has 0 aliphatic rings. The summed E-state index contributed by atoms with van der Waals surface area (Å²) in [6, 6.07) is 16.9. The summed E-state index contributed by atoms with van der Waals surface area (Å²) in [6.07, 6.45) is 1.44. The standard InChI is InChI=1S/C20H20O5/c1-3-23-20(22)19(25-15(2)21)13-17-11-7-8-12-18(17)24-14-16-9-5-4-6-10-16/h4-13H,3,14H2,1-2H3. The summed E-state index contributed by atoms with van der Waals surface area (Å²) in [5.41, 5.74) is 1.63. The molecular formula is C20H20O5. The van der Waals surface area contributed by atoms with Crippen LogP contribution in [0.2, 0.25) is 0 Å². The Kier molecular flexibility index (Phi) is 6.77. The molecule has 0 unspecified atom stereocenters. The van der Waals surface area contributed by atoms with E-state index in [4.69, 9.17) is 14.2 Å². The molecule has 0 heterocycles. The molecule has 5 nitrogen and oxygen atoms in total. The predicted octanol–water partition coefficient (Wildman–Crippen LogP) is 3.73. The van der Waals surface area contributed by atoms with Gasteiger partial charge in [0, 0.05) is 12.5 Å². The van der Waals surface area contributed by atoms with Gasteiger partial charge in [0.2, 0.25) is 5.76 Å². The molecule has 2 aromatic carbocycles. The fourth-order valence-corrected chi connectivity index (χ4v) is 2.09. The lowest BCUT2D eigenvalue weighted by atomic mass is 10.1.